The summed E-state index contributed by atoms with van der Waals surface area (Å²) in [7, 11) is -1.74. The minimum absolute atomic E-state index is 0.0227. The molecule has 2 rings (SSSR count). The van der Waals surface area contributed by atoms with Crippen molar-refractivity contribution < 1.29 is 9.16 Å². The molecule has 2 aliphatic heterocycles. The van der Waals surface area contributed by atoms with Gasteiger partial charge in [-0.1, -0.05) is 96.6 Å². The van der Waals surface area contributed by atoms with Crippen LogP contribution < -0.4 is 0 Å². The molecule has 0 aromatic heterocycles. The maximum atomic E-state index is 6.34. The fourth-order valence-electron chi connectivity index (χ4n) is 2.30. The summed E-state index contributed by atoms with van der Waals surface area (Å²) < 4.78 is 14.2. The van der Waals surface area contributed by atoms with Gasteiger partial charge in [-0.3, -0.25) is 0 Å². The molecule has 0 aliphatic carbocycles. The van der Waals surface area contributed by atoms with Crippen LogP contribution in [0.3, 0.4) is 0 Å². The second-order valence-corrected chi connectivity index (χ2v) is 17.3. The highest BCUT2D eigenvalue weighted by atomic mass is 79.9. The Morgan fingerprint density at radius 3 is 2.41 bits per heavy atom. The van der Waals surface area contributed by atoms with Gasteiger partial charge in [-0.05, 0) is 18.1 Å². The molecule has 0 N–H and O–H groups in total. The van der Waals surface area contributed by atoms with Crippen molar-refractivity contribution in [2.75, 3.05) is 6.61 Å². The zero-order valence-corrected chi connectivity index (χ0v) is 20.8. The summed E-state index contributed by atoms with van der Waals surface area (Å²) in [5.74, 6) is 0. The minimum atomic E-state index is -1.74. The van der Waals surface area contributed by atoms with Crippen LogP contribution in [0.15, 0.2) is 21.1 Å². The molecule has 2 nitrogen and oxygen atoms in total. The van der Waals surface area contributed by atoms with Crippen LogP contribution in [0.1, 0.15) is 27.2 Å². The van der Waals surface area contributed by atoms with Crippen LogP contribution in [-0.2, 0) is 9.16 Å². The largest absolute Gasteiger partial charge is 0.417 e. The van der Waals surface area contributed by atoms with Crippen molar-refractivity contribution >= 4 is 72.0 Å². The Bertz CT molecular complexity index is 522. The first-order valence-corrected chi connectivity index (χ1v) is 13.4. The summed E-state index contributed by atoms with van der Waals surface area (Å²) in [6, 6.07) is 0. The van der Waals surface area contributed by atoms with E-state index in [4.69, 9.17) is 9.16 Å². The molecule has 2 atom stereocenters. The second-order valence-electron chi connectivity index (χ2n) is 7.38. The van der Waals surface area contributed by atoms with Crippen LogP contribution in [-0.4, -0.2) is 29.9 Å². The number of rotatable bonds is 4. The van der Waals surface area contributed by atoms with Crippen LogP contribution in [0, 0.1) is 0 Å². The van der Waals surface area contributed by atoms with Gasteiger partial charge < -0.3 is 9.16 Å². The highest BCUT2D eigenvalue weighted by Crippen LogP contribution is 2.59. The van der Waals surface area contributed by atoms with Crippen molar-refractivity contribution in [2.24, 2.45) is 0 Å². The lowest BCUT2D eigenvalue weighted by Gasteiger charge is -2.45. The number of halogens is 4. The molecule has 0 fully saturated rings. The van der Waals surface area contributed by atoms with Crippen LogP contribution in [0.2, 0.25) is 18.1 Å². The summed E-state index contributed by atoms with van der Waals surface area (Å²) in [5.41, 5.74) is -0.448. The SMILES string of the molecule is CC(C)(C)[Si](C)(C)OCCC12C=CC(O1)C(Br)=C(Br)C2(Br)Br. The van der Waals surface area contributed by atoms with E-state index >= 15 is 0 Å². The highest BCUT2D eigenvalue weighted by molar-refractivity contribution is 9.26. The first-order chi connectivity index (χ1) is 9.84. The van der Waals surface area contributed by atoms with Crippen molar-refractivity contribution in [2.45, 2.75) is 60.3 Å². The lowest BCUT2D eigenvalue weighted by molar-refractivity contribution is -0.0265. The zero-order valence-electron chi connectivity index (χ0n) is 13.5. The standard InChI is InChI=1S/C15H22Br4O2Si/c1-13(2,3)22(4,5)20-9-8-14-7-6-10(21-14)11(16)12(17)15(14,18)19/h6-7,10H,8-9H2,1-5H3. The van der Waals surface area contributed by atoms with E-state index in [1.807, 2.05) is 0 Å². The molecule has 2 bridgehead atoms. The van der Waals surface area contributed by atoms with Gasteiger partial charge in [-0.2, -0.15) is 0 Å². The molecule has 0 aromatic carbocycles. The Morgan fingerprint density at radius 1 is 1.27 bits per heavy atom. The molecule has 2 unspecified atom stereocenters. The predicted octanol–water partition coefficient (Wildman–Crippen LogP) is 6.59. The molecule has 0 spiro atoms. The van der Waals surface area contributed by atoms with Crippen molar-refractivity contribution in [3.05, 3.63) is 21.1 Å². The molecule has 0 radical (unpaired) electrons. The van der Waals surface area contributed by atoms with E-state index in [-0.39, 0.29) is 11.1 Å². The van der Waals surface area contributed by atoms with E-state index in [2.05, 4.69) is 110 Å². The molecule has 2 heterocycles. The third-order valence-corrected chi connectivity index (χ3v) is 15.0. The summed E-state index contributed by atoms with van der Waals surface area (Å²) in [4.78, 5) is 0. The van der Waals surface area contributed by atoms with Gasteiger partial charge in [0.05, 0.1) is 0 Å². The van der Waals surface area contributed by atoms with E-state index in [1.165, 1.54) is 0 Å². The average molecular weight is 582 g/mol. The van der Waals surface area contributed by atoms with Crippen LogP contribution in [0.5, 0.6) is 0 Å². The monoisotopic (exact) mass is 578 g/mol. The van der Waals surface area contributed by atoms with Crippen LogP contribution in [0.25, 0.3) is 0 Å². The van der Waals surface area contributed by atoms with E-state index in [9.17, 15) is 0 Å². The lowest BCUT2D eigenvalue weighted by Crippen LogP contribution is -2.51. The topological polar surface area (TPSA) is 18.5 Å². The Balaban J connectivity index is 2.13. The summed E-state index contributed by atoms with van der Waals surface area (Å²) >= 11 is 14.9. The zero-order chi connectivity index (χ0) is 17.0. The molecule has 0 saturated carbocycles. The normalized spacial score (nSPS) is 31.0. The molecule has 0 amide bonds. The average Bonchev–Trinajstić information content (AvgIpc) is 2.78. The van der Waals surface area contributed by atoms with Gasteiger partial charge in [-0.25, -0.2) is 0 Å². The molecular weight excluding hydrogens is 560 g/mol. The molecule has 0 saturated heterocycles. The summed E-state index contributed by atoms with van der Waals surface area (Å²) in [6.45, 7) is 12.0. The maximum absolute atomic E-state index is 6.34. The van der Waals surface area contributed by atoms with Crippen LogP contribution in [0.4, 0.5) is 0 Å². The minimum Gasteiger partial charge on any atom is -0.417 e. The van der Waals surface area contributed by atoms with Crippen molar-refractivity contribution in [3.63, 3.8) is 0 Å². The Hall–Kier alpha value is 1.54. The fourth-order valence-corrected chi connectivity index (χ4v) is 6.25. The van der Waals surface area contributed by atoms with Gasteiger partial charge in [0.25, 0.3) is 0 Å². The van der Waals surface area contributed by atoms with Gasteiger partial charge in [-0.15, -0.1) is 0 Å². The summed E-state index contributed by atoms with van der Waals surface area (Å²) in [5, 5.41) is 0.218. The summed E-state index contributed by atoms with van der Waals surface area (Å²) in [6.07, 6.45) is 5.01. The Kier molecular flexibility index (Phi) is 5.74. The van der Waals surface area contributed by atoms with Crippen molar-refractivity contribution in [1.82, 2.24) is 0 Å². The Labute approximate surface area is 168 Å². The predicted molar refractivity (Wildman–Crippen MR) is 110 cm³/mol. The third-order valence-electron chi connectivity index (χ3n) is 4.89. The van der Waals surface area contributed by atoms with Gasteiger partial charge >= 0.3 is 0 Å². The number of hydrogen-bond acceptors (Lipinski definition) is 2. The first-order valence-electron chi connectivity index (χ1n) is 7.29. The molecule has 126 valence electrons. The fraction of sp³-hybridized carbons (Fsp3) is 0.733. The number of alkyl halides is 2. The van der Waals surface area contributed by atoms with Gasteiger partial charge in [0.15, 0.2) is 8.32 Å². The van der Waals surface area contributed by atoms with Gasteiger partial charge in [0.1, 0.15) is 14.9 Å². The van der Waals surface area contributed by atoms with Crippen LogP contribution >= 0.6 is 63.7 Å². The second kappa shape index (κ2) is 6.36. The molecule has 22 heavy (non-hydrogen) atoms. The number of hydrogen-bond donors (Lipinski definition) is 0. The smallest absolute Gasteiger partial charge is 0.191 e. The number of ether oxygens (including phenoxy) is 1. The molecule has 7 heteroatoms. The highest BCUT2D eigenvalue weighted by Gasteiger charge is 2.57. The lowest BCUT2D eigenvalue weighted by atomic mass is 9.95. The molecule has 2 aliphatic rings. The quantitative estimate of drug-likeness (QED) is 0.212. The first kappa shape index (κ1) is 19.9. The van der Waals surface area contributed by atoms with Gasteiger partial charge in [0.2, 0.25) is 0 Å². The van der Waals surface area contributed by atoms with Gasteiger partial charge in [0, 0.05) is 22.0 Å². The van der Waals surface area contributed by atoms with E-state index in [0.29, 0.717) is 6.61 Å². The van der Waals surface area contributed by atoms with E-state index < -0.39 is 17.2 Å². The van der Waals surface area contributed by atoms with E-state index in [1.54, 1.807) is 0 Å². The van der Waals surface area contributed by atoms with Crippen molar-refractivity contribution in [1.29, 1.82) is 0 Å². The molecule has 0 aromatic rings. The van der Waals surface area contributed by atoms with E-state index in [0.717, 1.165) is 15.4 Å². The maximum Gasteiger partial charge on any atom is 0.191 e. The Morgan fingerprint density at radius 2 is 1.86 bits per heavy atom. The molecular formula is C15H22Br4O2Si. The third kappa shape index (κ3) is 3.29. The van der Waals surface area contributed by atoms with Crippen molar-refractivity contribution in [3.8, 4) is 0 Å². The number of fused-ring (bicyclic) bond motifs is 2.